The van der Waals surface area contributed by atoms with E-state index in [2.05, 4.69) is 15.0 Å². The third-order valence-electron chi connectivity index (χ3n) is 7.66. The van der Waals surface area contributed by atoms with Crippen LogP contribution in [-0.4, -0.2) is 39.4 Å². The van der Waals surface area contributed by atoms with Crippen molar-refractivity contribution in [3.8, 4) is 11.3 Å². The van der Waals surface area contributed by atoms with Crippen LogP contribution in [0.4, 0.5) is 19.0 Å². The highest BCUT2D eigenvalue weighted by Gasteiger charge is 2.43. The summed E-state index contributed by atoms with van der Waals surface area (Å²) in [5, 5.41) is 13.4. The van der Waals surface area contributed by atoms with Crippen molar-refractivity contribution in [1.82, 2.24) is 10.1 Å². The van der Waals surface area contributed by atoms with Crippen molar-refractivity contribution >= 4 is 11.8 Å². The van der Waals surface area contributed by atoms with Gasteiger partial charge in [-0.15, -0.1) is 0 Å². The van der Waals surface area contributed by atoms with Crippen LogP contribution >= 0.6 is 0 Å². The Hall–Kier alpha value is -3.40. The molecule has 3 fully saturated rings. The third kappa shape index (κ3) is 4.58. The number of fused-ring (bicyclic) bond motifs is 2. The second kappa shape index (κ2) is 9.16. The second-order valence-corrected chi connectivity index (χ2v) is 10.1. The molecule has 3 aliphatic rings. The highest BCUT2D eigenvalue weighted by molar-refractivity contribution is 5.88. The van der Waals surface area contributed by atoms with E-state index in [0.717, 1.165) is 44.6 Å². The summed E-state index contributed by atoms with van der Waals surface area (Å²) in [7, 11) is 0. The summed E-state index contributed by atoms with van der Waals surface area (Å²) in [5.74, 6) is 0.467. The predicted molar refractivity (Wildman–Crippen MR) is 127 cm³/mol. The van der Waals surface area contributed by atoms with E-state index in [1.807, 2.05) is 0 Å². The average Bonchev–Trinajstić information content (AvgIpc) is 3.58. The number of ether oxygens (including phenoxy) is 1. The molecule has 1 saturated carbocycles. The van der Waals surface area contributed by atoms with E-state index in [-0.39, 0.29) is 47.5 Å². The number of hydrogen-bond donors (Lipinski definition) is 1. The maximum atomic E-state index is 13.7. The van der Waals surface area contributed by atoms with Crippen LogP contribution in [0.2, 0.25) is 0 Å². The molecule has 0 radical (unpaired) electrons. The van der Waals surface area contributed by atoms with E-state index in [0.29, 0.717) is 17.1 Å². The number of halogens is 3. The minimum atomic E-state index is -4.51. The van der Waals surface area contributed by atoms with Gasteiger partial charge >= 0.3 is 12.1 Å². The predicted octanol–water partition coefficient (Wildman–Crippen LogP) is 6.05. The summed E-state index contributed by atoms with van der Waals surface area (Å²) in [4.78, 5) is 18.0. The van der Waals surface area contributed by atoms with Gasteiger partial charge in [0.1, 0.15) is 17.3 Å². The molecular formula is C27H26F3N3O4. The first-order chi connectivity index (χ1) is 17.8. The van der Waals surface area contributed by atoms with Crippen molar-refractivity contribution in [2.75, 3.05) is 4.90 Å². The smallest absolute Gasteiger partial charge is 0.417 e. The molecule has 2 unspecified atom stereocenters. The molecule has 2 aromatic heterocycles. The number of nitrogens with zero attached hydrogens (tertiary/aromatic N) is 3. The van der Waals surface area contributed by atoms with Crippen molar-refractivity contribution in [3.63, 3.8) is 0 Å². The van der Waals surface area contributed by atoms with Gasteiger partial charge in [0, 0.05) is 35.3 Å². The van der Waals surface area contributed by atoms with E-state index < -0.39 is 17.7 Å². The summed E-state index contributed by atoms with van der Waals surface area (Å²) >= 11 is 0. The number of aromatic nitrogens is 2. The number of aromatic carboxylic acids is 1. The van der Waals surface area contributed by atoms with E-state index in [9.17, 15) is 23.1 Å². The van der Waals surface area contributed by atoms with Crippen LogP contribution in [-0.2, 0) is 17.5 Å². The maximum Gasteiger partial charge on any atom is 0.417 e. The van der Waals surface area contributed by atoms with Crippen LogP contribution in [0.1, 0.15) is 71.7 Å². The molecule has 7 nitrogen and oxygen atoms in total. The normalized spacial score (nSPS) is 23.4. The number of piperidine rings is 1. The molecule has 1 aromatic carbocycles. The minimum Gasteiger partial charge on any atom is -0.478 e. The number of carboxylic acids is 1. The van der Waals surface area contributed by atoms with E-state index in [1.165, 1.54) is 24.4 Å². The number of carboxylic acid groups (broad SMARTS) is 1. The summed E-state index contributed by atoms with van der Waals surface area (Å²) in [6.45, 7) is 0.133. The summed E-state index contributed by atoms with van der Waals surface area (Å²) < 4.78 is 53.1. The van der Waals surface area contributed by atoms with Gasteiger partial charge in [-0.05, 0) is 56.7 Å². The number of alkyl halides is 3. The Bertz CT molecular complexity index is 1310. The molecule has 2 bridgehead atoms. The molecule has 3 aromatic rings. The van der Waals surface area contributed by atoms with Gasteiger partial charge in [0.25, 0.3) is 0 Å². The molecule has 194 valence electrons. The van der Waals surface area contributed by atoms with E-state index in [1.54, 1.807) is 12.1 Å². The summed E-state index contributed by atoms with van der Waals surface area (Å²) in [6.07, 6.45) is 2.15. The molecule has 6 rings (SSSR count). The van der Waals surface area contributed by atoms with Crippen molar-refractivity contribution in [3.05, 3.63) is 65.0 Å². The lowest BCUT2D eigenvalue weighted by atomic mass is 9.98. The van der Waals surface area contributed by atoms with Crippen molar-refractivity contribution < 1.29 is 32.3 Å². The first-order valence-electron chi connectivity index (χ1n) is 12.5. The molecule has 0 amide bonds. The Morgan fingerprint density at radius 2 is 1.84 bits per heavy atom. The van der Waals surface area contributed by atoms with Gasteiger partial charge in [-0.25, -0.2) is 9.78 Å². The fourth-order valence-electron chi connectivity index (χ4n) is 5.81. The zero-order valence-corrected chi connectivity index (χ0v) is 19.9. The lowest BCUT2D eigenvalue weighted by Gasteiger charge is -2.39. The van der Waals surface area contributed by atoms with Crippen LogP contribution in [0.15, 0.2) is 47.1 Å². The number of carbonyl (C=O) groups is 1. The molecular weight excluding hydrogens is 487 g/mol. The van der Waals surface area contributed by atoms with E-state index in [4.69, 9.17) is 9.26 Å². The standard InChI is InChI=1S/C27H26F3N3O4/c28-27(29,30)22-4-2-1-3-20(22)24-21(25(37-32-24)15-5-6-15)14-36-19-12-17-7-8-18(13-19)33(17)23-11-16(26(34)35)9-10-31-23/h1-4,9-11,15,17-19H,5-8,12-14H2,(H,34,35)/t17-,18?,19?/m0/s1. The molecule has 3 atom stereocenters. The van der Waals surface area contributed by atoms with Gasteiger partial charge in [0.2, 0.25) is 0 Å². The van der Waals surface area contributed by atoms with Crippen LogP contribution in [0.5, 0.6) is 0 Å². The SMILES string of the molecule is O=C(O)c1ccnc(N2C3CC[C@H]2CC(OCc2c(-c4ccccc4C(F)(F)F)noc2C2CC2)C3)c1. The van der Waals surface area contributed by atoms with Crippen molar-refractivity contribution in [2.24, 2.45) is 0 Å². The summed E-state index contributed by atoms with van der Waals surface area (Å²) in [6, 6.07) is 8.85. The molecule has 4 heterocycles. The third-order valence-corrected chi connectivity index (χ3v) is 7.66. The number of anilines is 1. The highest BCUT2D eigenvalue weighted by Crippen LogP contribution is 2.46. The van der Waals surface area contributed by atoms with Crippen LogP contribution in [0.3, 0.4) is 0 Å². The molecule has 2 saturated heterocycles. The van der Waals surface area contributed by atoms with Gasteiger partial charge in [0.05, 0.1) is 23.8 Å². The van der Waals surface area contributed by atoms with Crippen LogP contribution in [0.25, 0.3) is 11.3 Å². The first kappa shape index (κ1) is 24.0. The van der Waals surface area contributed by atoms with Crippen molar-refractivity contribution in [2.45, 2.75) is 75.4 Å². The number of pyridine rings is 1. The van der Waals surface area contributed by atoms with Gasteiger partial charge in [-0.2, -0.15) is 13.2 Å². The monoisotopic (exact) mass is 513 g/mol. The van der Waals surface area contributed by atoms with Crippen molar-refractivity contribution in [1.29, 1.82) is 0 Å². The molecule has 1 N–H and O–H groups in total. The molecule has 37 heavy (non-hydrogen) atoms. The Morgan fingerprint density at radius 3 is 2.51 bits per heavy atom. The topological polar surface area (TPSA) is 88.7 Å². The van der Waals surface area contributed by atoms with Gasteiger partial charge < -0.3 is 19.3 Å². The number of benzene rings is 1. The minimum absolute atomic E-state index is 0.00326. The van der Waals surface area contributed by atoms with Crippen LogP contribution in [0, 0.1) is 0 Å². The summed E-state index contributed by atoms with van der Waals surface area (Å²) in [5.41, 5.74) is 0.266. The largest absolute Gasteiger partial charge is 0.478 e. The molecule has 2 aliphatic heterocycles. The molecule has 0 spiro atoms. The average molecular weight is 514 g/mol. The Morgan fingerprint density at radius 1 is 1.11 bits per heavy atom. The van der Waals surface area contributed by atoms with Gasteiger partial charge in [-0.3, -0.25) is 0 Å². The zero-order valence-electron chi connectivity index (χ0n) is 19.9. The fraction of sp³-hybridized carbons (Fsp3) is 0.444. The molecule has 10 heteroatoms. The van der Waals surface area contributed by atoms with E-state index >= 15 is 0 Å². The quantitative estimate of drug-likeness (QED) is 0.412. The van der Waals surface area contributed by atoms with Crippen LogP contribution < -0.4 is 4.90 Å². The maximum absolute atomic E-state index is 13.7. The Balaban J connectivity index is 1.22. The highest BCUT2D eigenvalue weighted by atomic mass is 19.4. The lowest BCUT2D eigenvalue weighted by molar-refractivity contribution is -0.137. The molecule has 1 aliphatic carbocycles. The zero-order chi connectivity index (χ0) is 25.7. The lowest BCUT2D eigenvalue weighted by Crippen LogP contribution is -2.46. The number of rotatable bonds is 7. The van der Waals surface area contributed by atoms with Gasteiger partial charge in [-0.1, -0.05) is 23.4 Å². The Kier molecular flexibility index (Phi) is 5.94. The Labute approximate surface area is 211 Å². The second-order valence-electron chi connectivity index (χ2n) is 10.1. The first-order valence-corrected chi connectivity index (χ1v) is 12.5. The number of hydrogen-bond acceptors (Lipinski definition) is 6. The fourth-order valence-corrected chi connectivity index (χ4v) is 5.81. The van der Waals surface area contributed by atoms with Gasteiger partial charge in [0.15, 0.2) is 0 Å².